The fourth-order valence-corrected chi connectivity index (χ4v) is 6.33. The van der Waals surface area contributed by atoms with E-state index in [2.05, 4.69) is 15.7 Å². The third-order valence-corrected chi connectivity index (χ3v) is 7.59. The van der Waals surface area contributed by atoms with Crippen molar-refractivity contribution >= 4 is 24.1 Å². The highest BCUT2D eigenvalue weighted by Gasteiger charge is 2.57. The van der Waals surface area contributed by atoms with Crippen molar-refractivity contribution in [3.05, 3.63) is 23.5 Å². The van der Waals surface area contributed by atoms with Crippen molar-refractivity contribution in [3.63, 3.8) is 0 Å². The summed E-state index contributed by atoms with van der Waals surface area (Å²) in [5.41, 5.74) is 1.74. The van der Waals surface area contributed by atoms with Gasteiger partial charge in [0.25, 0.3) is 5.91 Å². The molecule has 4 fully saturated rings. The van der Waals surface area contributed by atoms with Crippen LogP contribution in [0, 0.1) is 23.2 Å². The smallest absolute Gasteiger partial charge is 0.434 e. The zero-order valence-corrected chi connectivity index (χ0v) is 19.8. The lowest BCUT2D eigenvalue weighted by molar-refractivity contribution is -0.143. The van der Waals surface area contributed by atoms with Gasteiger partial charge < -0.3 is 21.1 Å². The number of aromatic nitrogens is 2. The highest BCUT2D eigenvalue weighted by Crippen LogP contribution is 2.57. The second-order valence-electron chi connectivity index (χ2n) is 10.5. The topological polar surface area (TPSA) is 128 Å². The van der Waals surface area contributed by atoms with E-state index in [1.54, 1.807) is 13.8 Å². The zero-order chi connectivity index (χ0) is 25.8. The molecule has 4 aliphatic rings. The number of hydrogen-bond acceptors (Lipinski definition) is 5. The van der Waals surface area contributed by atoms with Crippen molar-refractivity contribution in [1.82, 2.24) is 20.4 Å². The summed E-state index contributed by atoms with van der Waals surface area (Å²) < 4.78 is 48.0. The van der Waals surface area contributed by atoms with Crippen molar-refractivity contribution < 1.29 is 32.3 Å². The molecule has 4 bridgehead atoms. The van der Waals surface area contributed by atoms with E-state index in [4.69, 9.17) is 10.5 Å². The molecular weight excluding hydrogens is 467 g/mol. The summed E-state index contributed by atoms with van der Waals surface area (Å²) in [6, 6.07) is -0.323. The predicted molar refractivity (Wildman–Crippen MR) is 119 cm³/mol. The minimum Gasteiger partial charge on any atom is -0.443 e. The van der Waals surface area contributed by atoms with Crippen molar-refractivity contribution in [2.24, 2.45) is 28.9 Å². The number of halogens is 3. The van der Waals surface area contributed by atoms with Gasteiger partial charge in [-0.25, -0.2) is 9.48 Å². The number of carbonyl (C=O) groups is 3. The SMILES string of the molecule is CNC(=O)C(C)(C)/C=C/n1ncc(C(=O)N[C@H]2C3CC4CC2C[C@](OC(N)=O)(C4)C3)c1C(F)(F)F. The van der Waals surface area contributed by atoms with Gasteiger partial charge in [0, 0.05) is 19.3 Å². The number of primary amides is 1. The first kappa shape index (κ1) is 25.1. The van der Waals surface area contributed by atoms with E-state index in [0.717, 1.165) is 31.7 Å². The number of carbonyl (C=O) groups excluding carboxylic acids is 3. The number of hydrogen-bond donors (Lipinski definition) is 3. The highest BCUT2D eigenvalue weighted by atomic mass is 19.4. The maximum atomic E-state index is 14.0. The molecule has 12 heteroatoms. The van der Waals surface area contributed by atoms with Crippen LogP contribution in [0.3, 0.4) is 0 Å². The Kier molecular flexibility index (Phi) is 6.13. The lowest BCUT2D eigenvalue weighted by Gasteiger charge is -2.58. The van der Waals surface area contributed by atoms with Gasteiger partial charge in [0.05, 0.1) is 17.2 Å². The van der Waals surface area contributed by atoms with E-state index in [9.17, 15) is 27.6 Å². The van der Waals surface area contributed by atoms with Crippen LogP contribution in [0.5, 0.6) is 0 Å². The van der Waals surface area contributed by atoms with Crippen LogP contribution < -0.4 is 16.4 Å². The molecule has 4 aliphatic carbocycles. The summed E-state index contributed by atoms with van der Waals surface area (Å²) in [4.78, 5) is 36.5. The number of amides is 3. The first-order valence-electron chi connectivity index (χ1n) is 11.6. The Morgan fingerprint density at radius 3 is 2.37 bits per heavy atom. The summed E-state index contributed by atoms with van der Waals surface area (Å²) in [6.07, 6.45) is 0.955. The highest BCUT2D eigenvalue weighted by molar-refractivity contribution is 5.95. The van der Waals surface area contributed by atoms with Crippen LogP contribution >= 0.6 is 0 Å². The number of rotatable bonds is 6. The first-order valence-corrected chi connectivity index (χ1v) is 11.6. The molecule has 3 amide bonds. The van der Waals surface area contributed by atoms with Crippen LogP contribution in [-0.4, -0.2) is 46.4 Å². The molecule has 1 aromatic rings. The average Bonchev–Trinajstić information content (AvgIpc) is 3.17. The van der Waals surface area contributed by atoms with Crippen molar-refractivity contribution in [2.75, 3.05) is 7.05 Å². The van der Waals surface area contributed by atoms with Gasteiger partial charge in [-0.2, -0.15) is 18.3 Å². The van der Waals surface area contributed by atoms with Crippen LogP contribution in [0.1, 0.15) is 62.0 Å². The monoisotopic (exact) mass is 497 g/mol. The largest absolute Gasteiger partial charge is 0.443 e. The van der Waals surface area contributed by atoms with E-state index in [0.29, 0.717) is 23.4 Å². The Labute approximate surface area is 200 Å². The second kappa shape index (κ2) is 8.56. The van der Waals surface area contributed by atoms with Gasteiger partial charge in [0.1, 0.15) is 5.60 Å². The van der Waals surface area contributed by atoms with Gasteiger partial charge in [-0.05, 0) is 63.7 Å². The molecule has 4 saturated carbocycles. The summed E-state index contributed by atoms with van der Waals surface area (Å²) >= 11 is 0. The van der Waals surface area contributed by atoms with Crippen LogP contribution in [0.25, 0.3) is 6.20 Å². The van der Waals surface area contributed by atoms with E-state index in [-0.39, 0.29) is 23.8 Å². The van der Waals surface area contributed by atoms with Crippen LogP contribution in [0.2, 0.25) is 0 Å². The molecule has 0 aromatic carbocycles. The molecule has 192 valence electrons. The number of nitrogens with one attached hydrogen (secondary N) is 2. The number of alkyl halides is 3. The standard InChI is InChI=1S/C23H30F3N5O4/c1-21(2,19(33)28-3)4-5-31-17(23(24,25)26)15(11-29-31)18(32)30-16-13-6-12-7-14(16)10-22(8-12,9-13)35-20(27)34/h4-5,11-14,16H,6-10H2,1-3H3,(H2,27,34)(H,28,33)(H,30,32)/b5-4+/t12?,13?,14?,16-,22-. The normalized spacial score (nSPS) is 29.9. The van der Waals surface area contributed by atoms with E-state index in [1.807, 2.05) is 0 Å². The maximum absolute atomic E-state index is 14.0. The van der Waals surface area contributed by atoms with Crippen LogP contribution in [-0.2, 0) is 15.7 Å². The number of ether oxygens (including phenoxy) is 1. The summed E-state index contributed by atoms with van der Waals surface area (Å²) in [6.45, 7) is 3.10. The predicted octanol–water partition coefficient (Wildman–Crippen LogP) is 2.92. The molecule has 5 rings (SSSR count). The molecule has 0 aliphatic heterocycles. The fraction of sp³-hybridized carbons (Fsp3) is 0.652. The molecule has 1 aromatic heterocycles. The quantitative estimate of drug-likeness (QED) is 0.557. The van der Waals surface area contributed by atoms with Gasteiger partial charge >= 0.3 is 12.3 Å². The Morgan fingerprint density at radius 2 is 1.83 bits per heavy atom. The molecule has 0 spiro atoms. The lowest BCUT2D eigenvalue weighted by atomic mass is 9.52. The Bertz CT molecular complexity index is 1050. The Balaban J connectivity index is 1.56. The van der Waals surface area contributed by atoms with E-state index < -0.39 is 40.5 Å². The first-order chi connectivity index (χ1) is 16.2. The molecule has 9 nitrogen and oxygen atoms in total. The van der Waals surface area contributed by atoms with Crippen molar-refractivity contribution in [3.8, 4) is 0 Å². The van der Waals surface area contributed by atoms with Crippen LogP contribution in [0.15, 0.2) is 12.3 Å². The Hall–Kier alpha value is -3.05. The molecule has 35 heavy (non-hydrogen) atoms. The van der Waals surface area contributed by atoms with Crippen molar-refractivity contribution in [1.29, 1.82) is 0 Å². The van der Waals surface area contributed by atoms with Gasteiger partial charge in [-0.15, -0.1) is 0 Å². The van der Waals surface area contributed by atoms with Gasteiger partial charge in [0.15, 0.2) is 5.69 Å². The summed E-state index contributed by atoms with van der Waals surface area (Å²) in [7, 11) is 1.43. The average molecular weight is 498 g/mol. The van der Waals surface area contributed by atoms with Gasteiger partial charge in [-0.3, -0.25) is 9.59 Å². The molecule has 4 N–H and O–H groups in total. The minimum absolute atomic E-state index is 0.0119. The third kappa shape index (κ3) is 4.74. The lowest BCUT2D eigenvalue weighted by Crippen LogP contribution is -2.63. The molecule has 0 saturated heterocycles. The molecule has 1 heterocycles. The molecule has 2 atom stereocenters. The number of nitrogens with zero attached hydrogens (tertiary/aromatic N) is 2. The van der Waals surface area contributed by atoms with Gasteiger partial charge in [0.2, 0.25) is 5.91 Å². The molecular formula is C23H30F3N5O4. The van der Waals surface area contributed by atoms with Crippen LogP contribution in [0.4, 0.5) is 18.0 Å². The zero-order valence-electron chi connectivity index (χ0n) is 19.8. The molecule has 2 unspecified atom stereocenters. The third-order valence-electron chi connectivity index (χ3n) is 7.59. The maximum Gasteiger partial charge on any atom is 0.434 e. The Morgan fingerprint density at radius 1 is 1.20 bits per heavy atom. The fourth-order valence-electron chi connectivity index (χ4n) is 6.33. The van der Waals surface area contributed by atoms with Gasteiger partial charge in [-0.1, -0.05) is 6.08 Å². The minimum atomic E-state index is -4.85. The second-order valence-corrected chi connectivity index (χ2v) is 10.5. The number of nitrogens with two attached hydrogens (primary N) is 1. The van der Waals surface area contributed by atoms with E-state index >= 15 is 0 Å². The molecule has 0 radical (unpaired) electrons. The van der Waals surface area contributed by atoms with Crippen molar-refractivity contribution in [2.45, 2.75) is 63.8 Å². The summed E-state index contributed by atoms with van der Waals surface area (Å²) in [5.74, 6) is -0.927. The van der Waals surface area contributed by atoms with E-state index in [1.165, 1.54) is 13.1 Å². The summed E-state index contributed by atoms with van der Waals surface area (Å²) in [5, 5.41) is 9.04.